The van der Waals surface area contributed by atoms with Gasteiger partial charge >= 0.3 is 0 Å². The van der Waals surface area contributed by atoms with Gasteiger partial charge in [-0.05, 0) is 35.9 Å². The Labute approximate surface area is 176 Å². The molecule has 7 heteroatoms. The van der Waals surface area contributed by atoms with Crippen LogP contribution >= 0.6 is 0 Å². The minimum absolute atomic E-state index is 0.0844. The number of hydrogen-bond donors (Lipinski definition) is 0. The van der Waals surface area contributed by atoms with Crippen LogP contribution in [-0.2, 0) is 11.3 Å². The first-order valence-electron chi connectivity index (χ1n) is 10.6. The van der Waals surface area contributed by atoms with Crippen LogP contribution in [0.25, 0.3) is 5.52 Å². The normalized spacial score (nSPS) is 18.1. The minimum atomic E-state index is 0.0844. The average molecular weight is 406 g/mol. The number of piperazine rings is 1. The van der Waals surface area contributed by atoms with Gasteiger partial charge in [0.25, 0.3) is 5.91 Å². The van der Waals surface area contributed by atoms with Crippen molar-refractivity contribution in [3.8, 4) is 0 Å². The zero-order valence-electron chi connectivity index (χ0n) is 17.1. The summed E-state index contributed by atoms with van der Waals surface area (Å²) in [4.78, 5) is 23.9. The van der Waals surface area contributed by atoms with Crippen LogP contribution in [0, 0.1) is 0 Å². The SMILES string of the molecule is O=C(c1ccc2ccc(N3CCN(Cc4cccnc4)CC3)n2c1)N1CCOCC1. The molecule has 0 N–H and O–H groups in total. The molecule has 2 fully saturated rings. The largest absolute Gasteiger partial charge is 0.378 e. The molecule has 0 aliphatic carbocycles. The molecule has 0 radical (unpaired) electrons. The predicted molar refractivity (Wildman–Crippen MR) is 116 cm³/mol. The fourth-order valence-electron chi connectivity index (χ4n) is 4.30. The van der Waals surface area contributed by atoms with E-state index in [4.69, 9.17) is 4.74 Å². The van der Waals surface area contributed by atoms with Gasteiger partial charge in [0.05, 0.1) is 18.8 Å². The molecule has 0 spiro atoms. The van der Waals surface area contributed by atoms with Crippen molar-refractivity contribution < 1.29 is 9.53 Å². The van der Waals surface area contributed by atoms with Gasteiger partial charge in [-0.15, -0.1) is 0 Å². The Morgan fingerprint density at radius 1 is 0.967 bits per heavy atom. The summed E-state index contributed by atoms with van der Waals surface area (Å²) in [6.07, 6.45) is 5.75. The molecule has 5 heterocycles. The zero-order valence-corrected chi connectivity index (χ0v) is 17.1. The lowest BCUT2D eigenvalue weighted by Gasteiger charge is -2.35. The highest BCUT2D eigenvalue weighted by molar-refractivity contribution is 5.94. The summed E-state index contributed by atoms with van der Waals surface area (Å²) in [5.41, 5.74) is 3.10. The first kappa shape index (κ1) is 19.1. The molecule has 0 atom stereocenters. The molecule has 7 nitrogen and oxygen atoms in total. The second-order valence-electron chi connectivity index (χ2n) is 7.93. The third-order valence-corrected chi connectivity index (χ3v) is 6.00. The third-order valence-electron chi connectivity index (χ3n) is 6.00. The predicted octanol–water partition coefficient (Wildman–Crippen LogP) is 2.13. The number of anilines is 1. The van der Waals surface area contributed by atoms with Crippen molar-refractivity contribution in [1.82, 2.24) is 19.2 Å². The van der Waals surface area contributed by atoms with Crippen LogP contribution in [0.3, 0.4) is 0 Å². The third kappa shape index (κ3) is 3.91. The fraction of sp³-hybridized carbons (Fsp3) is 0.391. The first-order valence-corrected chi connectivity index (χ1v) is 10.6. The Kier molecular flexibility index (Phi) is 5.38. The average Bonchev–Trinajstić information content (AvgIpc) is 3.24. The molecular weight excluding hydrogens is 378 g/mol. The molecule has 2 saturated heterocycles. The van der Waals surface area contributed by atoms with Gasteiger partial charge < -0.3 is 18.9 Å². The van der Waals surface area contributed by atoms with Gasteiger partial charge in [-0.25, -0.2) is 0 Å². The standard InChI is InChI=1S/C23H27N5O2/c29-23(27-12-14-30-15-13-27)20-3-4-21-5-6-22(28(21)18-20)26-10-8-25(9-11-26)17-19-2-1-7-24-16-19/h1-7,16,18H,8-15,17H2. The van der Waals surface area contributed by atoms with Gasteiger partial charge in [-0.3, -0.25) is 14.7 Å². The Hall–Kier alpha value is -2.90. The maximum Gasteiger partial charge on any atom is 0.255 e. The van der Waals surface area contributed by atoms with E-state index in [1.807, 2.05) is 41.7 Å². The van der Waals surface area contributed by atoms with Gasteiger partial charge in [-0.1, -0.05) is 6.07 Å². The van der Waals surface area contributed by atoms with Gasteiger partial charge in [0, 0.05) is 69.9 Å². The van der Waals surface area contributed by atoms with Crippen LogP contribution in [0.1, 0.15) is 15.9 Å². The summed E-state index contributed by atoms with van der Waals surface area (Å²) in [5.74, 6) is 1.24. The number of nitrogens with zero attached hydrogens (tertiary/aromatic N) is 5. The number of morpholine rings is 1. The van der Waals surface area contributed by atoms with E-state index in [2.05, 4.69) is 37.4 Å². The van der Waals surface area contributed by atoms with Crippen LogP contribution in [0.15, 0.2) is 55.0 Å². The molecule has 156 valence electrons. The highest BCUT2D eigenvalue weighted by Crippen LogP contribution is 2.23. The fourth-order valence-corrected chi connectivity index (χ4v) is 4.30. The Morgan fingerprint density at radius 2 is 1.77 bits per heavy atom. The number of rotatable bonds is 4. The summed E-state index contributed by atoms with van der Waals surface area (Å²) < 4.78 is 7.53. The van der Waals surface area contributed by atoms with E-state index in [9.17, 15) is 4.79 Å². The summed E-state index contributed by atoms with van der Waals surface area (Å²) >= 11 is 0. The van der Waals surface area contributed by atoms with Crippen molar-refractivity contribution in [2.45, 2.75) is 6.54 Å². The lowest BCUT2D eigenvalue weighted by Crippen LogP contribution is -2.46. The summed E-state index contributed by atoms with van der Waals surface area (Å²) in [5, 5.41) is 0. The molecule has 5 rings (SSSR count). The number of fused-ring (bicyclic) bond motifs is 1. The van der Waals surface area contributed by atoms with Crippen LogP contribution in [0.5, 0.6) is 0 Å². The molecule has 2 aliphatic rings. The number of pyridine rings is 2. The number of carbonyl (C=O) groups is 1. The second kappa shape index (κ2) is 8.45. The van der Waals surface area contributed by atoms with E-state index in [1.54, 1.807) is 0 Å². The van der Waals surface area contributed by atoms with Gasteiger partial charge in [0.2, 0.25) is 0 Å². The Morgan fingerprint density at radius 3 is 2.53 bits per heavy atom. The van der Waals surface area contributed by atoms with Crippen molar-refractivity contribution in [2.24, 2.45) is 0 Å². The van der Waals surface area contributed by atoms with E-state index in [0.29, 0.717) is 26.3 Å². The number of ether oxygens (including phenoxy) is 1. The quantitative estimate of drug-likeness (QED) is 0.666. The molecule has 0 saturated carbocycles. The topological polar surface area (TPSA) is 53.3 Å². The number of carbonyl (C=O) groups excluding carboxylic acids is 1. The summed E-state index contributed by atoms with van der Waals surface area (Å²) in [6, 6.07) is 12.4. The van der Waals surface area contributed by atoms with E-state index >= 15 is 0 Å². The van der Waals surface area contributed by atoms with Crippen LogP contribution < -0.4 is 4.90 Å². The van der Waals surface area contributed by atoms with Gasteiger partial charge in [-0.2, -0.15) is 0 Å². The molecule has 0 aromatic carbocycles. The summed E-state index contributed by atoms with van der Waals surface area (Å²) in [6.45, 7) is 7.45. The van der Waals surface area contributed by atoms with Crippen molar-refractivity contribution >= 4 is 17.2 Å². The summed E-state index contributed by atoms with van der Waals surface area (Å²) in [7, 11) is 0. The first-order chi connectivity index (χ1) is 14.8. The van der Waals surface area contributed by atoms with E-state index in [0.717, 1.165) is 49.6 Å². The monoisotopic (exact) mass is 405 g/mol. The number of amides is 1. The molecule has 0 bridgehead atoms. The second-order valence-corrected chi connectivity index (χ2v) is 7.93. The molecule has 3 aromatic rings. The van der Waals surface area contributed by atoms with Crippen molar-refractivity contribution in [1.29, 1.82) is 0 Å². The smallest absolute Gasteiger partial charge is 0.255 e. The lowest BCUT2D eigenvalue weighted by molar-refractivity contribution is 0.0302. The maximum atomic E-state index is 12.9. The van der Waals surface area contributed by atoms with Crippen molar-refractivity contribution in [3.05, 3.63) is 66.1 Å². The highest BCUT2D eigenvalue weighted by Gasteiger charge is 2.22. The number of aromatic nitrogens is 2. The minimum Gasteiger partial charge on any atom is -0.378 e. The van der Waals surface area contributed by atoms with Gasteiger partial charge in [0.1, 0.15) is 5.82 Å². The van der Waals surface area contributed by atoms with E-state index in [1.165, 1.54) is 5.56 Å². The van der Waals surface area contributed by atoms with Crippen molar-refractivity contribution in [3.63, 3.8) is 0 Å². The maximum absolute atomic E-state index is 12.9. The van der Waals surface area contributed by atoms with Gasteiger partial charge in [0.15, 0.2) is 0 Å². The van der Waals surface area contributed by atoms with Crippen LogP contribution in [0.4, 0.5) is 5.82 Å². The molecule has 2 aliphatic heterocycles. The molecule has 0 unspecified atom stereocenters. The van der Waals surface area contributed by atoms with Crippen LogP contribution in [-0.4, -0.2) is 77.6 Å². The van der Waals surface area contributed by atoms with Crippen molar-refractivity contribution in [2.75, 3.05) is 57.4 Å². The molecule has 3 aromatic heterocycles. The molecule has 30 heavy (non-hydrogen) atoms. The van der Waals surface area contributed by atoms with E-state index < -0.39 is 0 Å². The highest BCUT2D eigenvalue weighted by atomic mass is 16.5. The Bertz CT molecular complexity index is 1000. The van der Waals surface area contributed by atoms with E-state index in [-0.39, 0.29) is 5.91 Å². The molecular formula is C23H27N5O2. The lowest BCUT2D eigenvalue weighted by atomic mass is 10.2. The zero-order chi connectivity index (χ0) is 20.3. The van der Waals surface area contributed by atoms with Crippen LogP contribution in [0.2, 0.25) is 0 Å². The number of hydrogen-bond acceptors (Lipinski definition) is 5. The Balaban J connectivity index is 1.29. The molecule has 1 amide bonds.